The highest BCUT2D eigenvalue weighted by molar-refractivity contribution is 5.91. The van der Waals surface area contributed by atoms with E-state index in [1.165, 1.54) is 18.4 Å². The Morgan fingerprint density at radius 3 is 2.33 bits per heavy atom. The Kier molecular flexibility index (Phi) is 5.98. The number of nitrogens with one attached hydrogen (secondary N) is 1. The number of hydrogen-bond acceptors (Lipinski definition) is 4. The molecule has 2 saturated carbocycles. The van der Waals surface area contributed by atoms with Crippen molar-refractivity contribution in [2.45, 2.75) is 57.4 Å². The van der Waals surface area contributed by atoms with Crippen LogP contribution in [0.1, 0.15) is 57.4 Å². The summed E-state index contributed by atoms with van der Waals surface area (Å²) in [4.78, 5) is 12.7. The van der Waals surface area contributed by atoms with Gasteiger partial charge in [0.05, 0.1) is 0 Å². The Morgan fingerprint density at radius 2 is 1.67 bits per heavy atom. The fourth-order valence-corrected chi connectivity index (χ4v) is 4.88. The zero-order valence-corrected chi connectivity index (χ0v) is 19.3. The molecule has 3 N–H and O–H groups in total. The number of nitrogens with two attached hydrogens (primary N) is 1. The molecular formula is C28H32N4O. The van der Waals surface area contributed by atoms with Gasteiger partial charge in [0.25, 0.3) is 0 Å². The minimum absolute atomic E-state index is 0.0256. The van der Waals surface area contributed by atoms with Gasteiger partial charge in [0.1, 0.15) is 5.69 Å². The summed E-state index contributed by atoms with van der Waals surface area (Å²) in [5.74, 6) is 1.78. The van der Waals surface area contributed by atoms with Gasteiger partial charge in [0.2, 0.25) is 5.91 Å². The maximum absolute atomic E-state index is 12.7. The zero-order valence-electron chi connectivity index (χ0n) is 19.3. The van der Waals surface area contributed by atoms with Crippen molar-refractivity contribution in [2.75, 3.05) is 5.32 Å². The monoisotopic (exact) mass is 440 g/mol. The van der Waals surface area contributed by atoms with E-state index in [1.807, 2.05) is 24.3 Å². The Bertz CT molecular complexity index is 1110. The molecule has 1 aromatic heterocycles. The number of nitrogens with zero attached hydrogens (tertiary/aromatic N) is 2. The van der Waals surface area contributed by atoms with Crippen LogP contribution in [0.15, 0.2) is 60.7 Å². The van der Waals surface area contributed by atoms with Gasteiger partial charge >= 0.3 is 0 Å². The lowest BCUT2D eigenvalue weighted by atomic mass is 9.81. The van der Waals surface area contributed by atoms with Crippen LogP contribution in [0, 0.1) is 11.8 Å². The van der Waals surface area contributed by atoms with E-state index >= 15 is 0 Å². The fourth-order valence-electron chi connectivity index (χ4n) is 4.88. The Morgan fingerprint density at radius 1 is 0.970 bits per heavy atom. The SMILES string of the molecule is CC1CCC(CC(=O)Nc2cc(-c3ccccc3)c(-c3ccc(C4(N)CC4)cc3)nn2)CC1. The largest absolute Gasteiger partial charge is 0.321 e. The van der Waals surface area contributed by atoms with Gasteiger partial charge in [-0.3, -0.25) is 4.79 Å². The van der Waals surface area contributed by atoms with Crippen LogP contribution in [0.3, 0.4) is 0 Å². The summed E-state index contributed by atoms with van der Waals surface area (Å²) in [5.41, 5.74) is 11.1. The van der Waals surface area contributed by atoms with Crippen LogP contribution in [0.5, 0.6) is 0 Å². The molecule has 33 heavy (non-hydrogen) atoms. The second-order valence-electron chi connectivity index (χ2n) is 9.97. The van der Waals surface area contributed by atoms with E-state index in [0.29, 0.717) is 18.2 Å². The molecule has 0 saturated heterocycles. The third-order valence-electron chi connectivity index (χ3n) is 7.28. The highest BCUT2D eigenvalue weighted by Crippen LogP contribution is 2.43. The molecular weight excluding hydrogens is 408 g/mol. The number of anilines is 1. The summed E-state index contributed by atoms with van der Waals surface area (Å²) in [6.45, 7) is 2.30. The Balaban J connectivity index is 1.39. The third kappa shape index (κ3) is 4.98. The van der Waals surface area contributed by atoms with E-state index in [4.69, 9.17) is 5.73 Å². The topological polar surface area (TPSA) is 80.9 Å². The second-order valence-corrected chi connectivity index (χ2v) is 9.97. The quantitative estimate of drug-likeness (QED) is 0.499. The molecule has 0 bridgehead atoms. The van der Waals surface area contributed by atoms with Crippen LogP contribution in [0.25, 0.3) is 22.4 Å². The zero-order chi connectivity index (χ0) is 22.8. The molecule has 3 aromatic rings. The summed E-state index contributed by atoms with van der Waals surface area (Å²) in [6, 6.07) is 20.4. The molecule has 2 aliphatic rings. The van der Waals surface area contributed by atoms with Crippen LogP contribution in [0.4, 0.5) is 5.82 Å². The van der Waals surface area contributed by atoms with Crippen molar-refractivity contribution in [3.63, 3.8) is 0 Å². The Labute approximate surface area is 195 Å². The number of aromatic nitrogens is 2. The second kappa shape index (κ2) is 9.06. The van der Waals surface area contributed by atoms with E-state index in [9.17, 15) is 4.79 Å². The van der Waals surface area contributed by atoms with Crippen molar-refractivity contribution < 1.29 is 4.79 Å². The van der Waals surface area contributed by atoms with E-state index < -0.39 is 0 Å². The summed E-state index contributed by atoms with van der Waals surface area (Å²) in [6.07, 6.45) is 7.33. The van der Waals surface area contributed by atoms with E-state index in [1.54, 1.807) is 0 Å². The van der Waals surface area contributed by atoms with Crippen LogP contribution in [-0.4, -0.2) is 16.1 Å². The number of rotatable bonds is 6. The molecule has 5 nitrogen and oxygen atoms in total. The van der Waals surface area contributed by atoms with E-state index in [-0.39, 0.29) is 11.4 Å². The van der Waals surface area contributed by atoms with Crippen LogP contribution < -0.4 is 11.1 Å². The molecule has 0 atom stereocenters. The van der Waals surface area contributed by atoms with Gasteiger partial charge in [0, 0.05) is 23.1 Å². The summed E-state index contributed by atoms with van der Waals surface area (Å²) in [7, 11) is 0. The van der Waals surface area contributed by atoms with Crippen LogP contribution in [0.2, 0.25) is 0 Å². The lowest BCUT2D eigenvalue weighted by Crippen LogP contribution is -2.21. The lowest BCUT2D eigenvalue weighted by Gasteiger charge is -2.25. The molecule has 2 aliphatic carbocycles. The molecule has 0 aliphatic heterocycles. The molecule has 170 valence electrons. The first-order valence-electron chi connectivity index (χ1n) is 12.1. The predicted octanol–water partition coefficient (Wildman–Crippen LogP) is 5.91. The number of carbonyl (C=O) groups is 1. The average molecular weight is 441 g/mol. The highest BCUT2D eigenvalue weighted by atomic mass is 16.1. The van der Waals surface area contributed by atoms with Crippen molar-refractivity contribution in [1.29, 1.82) is 0 Å². The predicted molar refractivity (Wildman–Crippen MR) is 132 cm³/mol. The molecule has 2 fully saturated rings. The summed E-state index contributed by atoms with van der Waals surface area (Å²) in [5, 5.41) is 11.9. The maximum Gasteiger partial charge on any atom is 0.225 e. The van der Waals surface area contributed by atoms with E-state index in [2.05, 4.69) is 58.8 Å². The van der Waals surface area contributed by atoms with Gasteiger partial charge in [-0.05, 0) is 54.7 Å². The summed E-state index contributed by atoms with van der Waals surface area (Å²) >= 11 is 0. The van der Waals surface area contributed by atoms with Crippen molar-refractivity contribution in [1.82, 2.24) is 10.2 Å². The van der Waals surface area contributed by atoms with Crippen LogP contribution in [-0.2, 0) is 10.3 Å². The van der Waals surface area contributed by atoms with Gasteiger partial charge in [-0.2, -0.15) is 0 Å². The average Bonchev–Trinajstić information content (AvgIpc) is 3.60. The van der Waals surface area contributed by atoms with Crippen molar-refractivity contribution in [3.8, 4) is 22.4 Å². The van der Waals surface area contributed by atoms with E-state index in [0.717, 1.165) is 54.0 Å². The van der Waals surface area contributed by atoms with Gasteiger partial charge in [-0.1, -0.05) is 74.4 Å². The molecule has 0 spiro atoms. The van der Waals surface area contributed by atoms with Crippen LogP contribution >= 0.6 is 0 Å². The number of benzene rings is 2. The molecule has 2 aromatic carbocycles. The van der Waals surface area contributed by atoms with Gasteiger partial charge in [0.15, 0.2) is 5.82 Å². The minimum Gasteiger partial charge on any atom is -0.321 e. The third-order valence-corrected chi connectivity index (χ3v) is 7.28. The van der Waals surface area contributed by atoms with Gasteiger partial charge in [-0.25, -0.2) is 0 Å². The molecule has 5 rings (SSSR count). The first-order chi connectivity index (χ1) is 16.0. The van der Waals surface area contributed by atoms with Crippen molar-refractivity contribution >= 4 is 11.7 Å². The van der Waals surface area contributed by atoms with Crippen molar-refractivity contribution in [2.24, 2.45) is 17.6 Å². The molecule has 0 radical (unpaired) electrons. The minimum atomic E-state index is -0.156. The highest BCUT2D eigenvalue weighted by Gasteiger charge is 2.39. The molecule has 0 unspecified atom stereocenters. The Hall–Kier alpha value is -3.05. The van der Waals surface area contributed by atoms with Crippen molar-refractivity contribution in [3.05, 3.63) is 66.2 Å². The number of amides is 1. The molecule has 5 heteroatoms. The smallest absolute Gasteiger partial charge is 0.225 e. The summed E-state index contributed by atoms with van der Waals surface area (Å²) < 4.78 is 0. The number of carbonyl (C=O) groups excluding carboxylic acids is 1. The standard InChI is InChI=1S/C28H32N4O/c1-19-7-9-20(10-8-19)17-26(33)30-25-18-24(21-5-3-2-4-6-21)27(32-31-25)22-11-13-23(14-12-22)28(29)15-16-28/h2-6,11-14,18-20H,7-10,15-17,29H2,1H3,(H,30,31,33). The maximum atomic E-state index is 12.7. The normalized spacial score (nSPS) is 21.4. The first kappa shape index (κ1) is 21.8. The fraction of sp³-hybridized carbons (Fsp3) is 0.393. The van der Waals surface area contributed by atoms with Gasteiger partial charge < -0.3 is 11.1 Å². The first-order valence-corrected chi connectivity index (χ1v) is 12.1. The lowest BCUT2D eigenvalue weighted by molar-refractivity contribution is -0.117. The molecule has 1 heterocycles. The van der Waals surface area contributed by atoms with Gasteiger partial charge in [-0.15, -0.1) is 10.2 Å². The molecule has 1 amide bonds. The number of hydrogen-bond donors (Lipinski definition) is 2.